The largest absolute Gasteiger partial charge is 0.388 e. The second-order valence-corrected chi connectivity index (χ2v) is 4.93. The number of hydrogen-bond acceptors (Lipinski definition) is 3. The molecular formula is C12H22N2O3. The van der Waals surface area contributed by atoms with Gasteiger partial charge >= 0.3 is 0 Å². The van der Waals surface area contributed by atoms with Crippen molar-refractivity contribution >= 4 is 11.8 Å². The third kappa shape index (κ3) is 4.73. The van der Waals surface area contributed by atoms with Crippen molar-refractivity contribution in [1.29, 1.82) is 0 Å². The van der Waals surface area contributed by atoms with E-state index in [0.29, 0.717) is 0 Å². The average Bonchev–Trinajstić information content (AvgIpc) is 2.26. The van der Waals surface area contributed by atoms with Crippen LogP contribution in [0.3, 0.4) is 0 Å². The molecule has 1 aliphatic carbocycles. The van der Waals surface area contributed by atoms with Crippen molar-refractivity contribution in [3.63, 3.8) is 0 Å². The SMILES string of the molecule is CC(=O)NC(C)C(=O)NCC1(O)CCCCC1. The topological polar surface area (TPSA) is 78.4 Å². The number of aliphatic hydroxyl groups is 1. The molecule has 2 amide bonds. The number of carbonyl (C=O) groups excluding carboxylic acids is 2. The fourth-order valence-electron chi connectivity index (χ4n) is 2.16. The fourth-order valence-corrected chi connectivity index (χ4v) is 2.16. The van der Waals surface area contributed by atoms with E-state index < -0.39 is 11.6 Å². The molecule has 1 aliphatic rings. The normalized spacial score (nSPS) is 20.4. The summed E-state index contributed by atoms with van der Waals surface area (Å²) in [5.74, 6) is -0.483. The van der Waals surface area contributed by atoms with Crippen LogP contribution in [0.5, 0.6) is 0 Å². The maximum atomic E-state index is 11.6. The van der Waals surface area contributed by atoms with Crippen molar-refractivity contribution in [2.24, 2.45) is 0 Å². The number of hydrogen-bond donors (Lipinski definition) is 3. The zero-order chi connectivity index (χ0) is 12.9. The van der Waals surface area contributed by atoms with Gasteiger partial charge in [-0.05, 0) is 19.8 Å². The smallest absolute Gasteiger partial charge is 0.242 e. The van der Waals surface area contributed by atoms with Gasteiger partial charge in [0.1, 0.15) is 6.04 Å². The summed E-state index contributed by atoms with van der Waals surface area (Å²) in [5, 5.41) is 15.4. The van der Waals surface area contributed by atoms with E-state index in [1.807, 2.05) is 0 Å². The molecule has 98 valence electrons. The van der Waals surface area contributed by atoms with Crippen LogP contribution in [0.2, 0.25) is 0 Å². The highest BCUT2D eigenvalue weighted by Gasteiger charge is 2.30. The van der Waals surface area contributed by atoms with Gasteiger partial charge in [-0.15, -0.1) is 0 Å². The summed E-state index contributed by atoms with van der Waals surface area (Å²) in [4.78, 5) is 22.4. The average molecular weight is 242 g/mol. The lowest BCUT2D eigenvalue weighted by Crippen LogP contribution is -2.50. The van der Waals surface area contributed by atoms with Crippen LogP contribution >= 0.6 is 0 Å². The maximum Gasteiger partial charge on any atom is 0.242 e. The van der Waals surface area contributed by atoms with Gasteiger partial charge in [0.05, 0.1) is 5.60 Å². The summed E-state index contributed by atoms with van der Waals surface area (Å²) in [6.07, 6.45) is 4.64. The van der Waals surface area contributed by atoms with Crippen LogP contribution < -0.4 is 10.6 Å². The lowest BCUT2D eigenvalue weighted by molar-refractivity contribution is -0.128. The van der Waals surface area contributed by atoms with Crippen molar-refractivity contribution in [1.82, 2.24) is 10.6 Å². The predicted molar refractivity (Wildman–Crippen MR) is 64.3 cm³/mol. The monoisotopic (exact) mass is 242 g/mol. The molecule has 1 saturated carbocycles. The van der Waals surface area contributed by atoms with E-state index in [-0.39, 0.29) is 18.4 Å². The molecule has 1 atom stereocenters. The Morgan fingerprint density at radius 2 is 1.88 bits per heavy atom. The van der Waals surface area contributed by atoms with Gasteiger partial charge in [0.25, 0.3) is 0 Å². The molecule has 0 radical (unpaired) electrons. The highest BCUT2D eigenvalue weighted by Crippen LogP contribution is 2.27. The van der Waals surface area contributed by atoms with Crippen LogP contribution in [0, 0.1) is 0 Å². The lowest BCUT2D eigenvalue weighted by Gasteiger charge is -2.32. The standard InChI is InChI=1S/C12H22N2O3/c1-9(14-10(2)15)11(16)13-8-12(17)6-4-3-5-7-12/h9,17H,3-8H2,1-2H3,(H,13,16)(H,14,15). The van der Waals surface area contributed by atoms with E-state index >= 15 is 0 Å². The quantitative estimate of drug-likeness (QED) is 0.664. The lowest BCUT2D eigenvalue weighted by atomic mass is 9.85. The van der Waals surface area contributed by atoms with Gasteiger partial charge in [-0.2, -0.15) is 0 Å². The Kier molecular flexibility index (Phi) is 4.93. The van der Waals surface area contributed by atoms with Crippen LogP contribution in [0.4, 0.5) is 0 Å². The van der Waals surface area contributed by atoms with Crippen LogP contribution in [0.15, 0.2) is 0 Å². The molecular weight excluding hydrogens is 220 g/mol. The Morgan fingerprint density at radius 1 is 1.29 bits per heavy atom. The van der Waals surface area contributed by atoms with E-state index in [4.69, 9.17) is 0 Å². The van der Waals surface area contributed by atoms with Crippen LogP contribution in [-0.2, 0) is 9.59 Å². The minimum Gasteiger partial charge on any atom is -0.388 e. The first-order chi connectivity index (χ1) is 7.93. The fraction of sp³-hybridized carbons (Fsp3) is 0.833. The van der Waals surface area contributed by atoms with Crippen molar-refractivity contribution in [3.05, 3.63) is 0 Å². The summed E-state index contributed by atoms with van der Waals surface area (Å²) in [6.45, 7) is 3.27. The minimum absolute atomic E-state index is 0.232. The van der Waals surface area contributed by atoms with Gasteiger partial charge in [-0.3, -0.25) is 9.59 Å². The van der Waals surface area contributed by atoms with Crippen LogP contribution in [-0.4, -0.2) is 35.1 Å². The molecule has 0 aliphatic heterocycles. The van der Waals surface area contributed by atoms with Crippen LogP contribution in [0.25, 0.3) is 0 Å². The molecule has 0 bridgehead atoms. The zero-order valence-corrected chi connectivity index (χ0v) is 10.6. The highest BCUT2D eigenvalue weighted by molar-refractivity contribution is 5.86. The molecule has 0 spiro atoms. The molecule has 1 rings (SSSR count). The molecule has 0 saturated heterocycles. The number of rotatable bonds is 4. The van der Waals surface area contributed by atoms with Gasteiger partial charge in [-0.1, -0.05) is 19.3 Å². The first-order valence-corrected chi connectivity index (χ1v) is 6.20. The maximum absolute atomic E-state index is 11.6. The Labute approximate surface area is 102 Å². The van der Waals surface area contributed by atoms with Crippen molar-refractivity contribution in [3.8, 4) is 0 Å². The summed E-state index contributed by atoms with van der Waals surface area (Å²) >= 11 is 0. The first kappa shape index (κ1) is 14.0. The van der Waals surface area contributed by atoms with E-state index in [2.05, 4.69) is 10.6 Å². The molecule has 1 unspecified atom stereocenters. The van der Waals surface area contributed by atoms with Gasteiger partial charge in [0, 0.05) is 13.5 Å². The second-order valence-electron chi connectivity index (χ2n) is 4.93. The molecule has 0 aromatic carbocycles. The van der Waals surface area contributed by atoms with E-state index in [1.54, 1.807) is 6.92 Å². The van der Waals surface area contributed by atoms with Gasteiger partial charge in [0.2, 0.25) is 11.8 Å². The molecule has 0 aromatic rings. The van der Waals surface area contributed by atoms with Crippen molar-refractivity contribution in [2.45, 2.75) is 57.6 Å². The Balaban J connectivity index is 2.33. The third-order valence-electron chi connectivity index (χ3n) is 3.19. The third-order valence-corrected chi connectivity index (χ3v) is 3.19. The molecule has 1 fully saturated rings. The Morgan fingerprint density at radius 3 is 2.41 bits per heavy atom. The van der Waals surface area contributed by atoms with Gasteiger partial charge < -0.3 is 15.7 Å². The van der Waals surface area contributed by atoms with Gasteiger partial charge in [0.15, 0.2) is 0 Å². The molecule has 3 N–H and O–H groups in total. The summed E-state index contributed by atoms with van der Waals surface area (Å²) in [5.41, 5.74) is -0.760. The van der Waals surface area contributed by atoms with Crippen molar-refractivity contribution < 1.29 is 14.7 Å². The first-order valence-electron chi connectivity index (χ1n) is 6.20. The van der Waals surface area contributed by atoms with E-state index in [0.717, 1.165) is 32.1 Å². The summed E-state index contributed by atoms with van der Waals surface area (Å²) < 4.78 is 0. The van der Waals surface area contributed by atoms with Crippen molar-refractivity contribution in [2.75, 3.05) is 6.54 Å². The molecule has 5 nitrogen and oxygen atoms in total. The highest BCUT2D eigenvalue weighted by atomic mass is 16.3. The molecule has 17 heavy (non-hydrogen) atoms. The summed E-state index contributed by atoms with van der Waals surface area (Å²) in [7, 11) is 0. The predicted octanol–water partition coefficient (Wildman–Crippen LogP) is 0.322. The Hall–Kier alpha value is -1.10. The minimum atomic E-state index is -0.760. The Bertz CT molecular complexity index is 285. The second kappa shape index (κ2) is 6.00. The zero-order valence-electron chi connectivity index (χ0n) is 10.6. The number of nitrogens with one attached hydrogen (secondary N) is 2. The van der Waals surface area contributed by atoms with E-state index in [1.165, 1.54) is 6.92 Å². The van der Waals surface area contributed by atoms with Gasteiger partial charge in [-0.25, -0.2) is 0 Å². The van der Waals surface area contributed by atoms with E-state index in [9.17, 15) is 14.7 Å². The summed E-state index contributed by atoms with van der Waals surface area (Å²) in [6, 6.07) is -0.556. The molecule has 0 heterocycles. The number of carbonyl (C=O) groups is 2. The molecule has 5 heteroatoms. The van der Waals surface area contributed by atoms with Crippen LogP contribution in [0.1, 0.15) is 46.0 Å². The number of amides is 2. The molecule has 0 aromatic heterocycles.